The summed E-state index contributed by atoms with van der Waals surface area (Å²) < 4.78 is 5.48. The van der Waals surface area contributed by atoms with E-state index in [-0.39, 0.29) is 31.4 Å². The van der Waals surface area contributed by atoms with E-state index in [1.54, 1.807) is 28.3 Å². The van der Waals surface area contributed by atoms with Crippen LogP contribution in [0.1, 0.15) is 57.0 Å². The lowest BCUT2D eigenvalue weighted by atomic mass is 10.1. The van der Waals surface area contributed by atoms with E-state index in [1.165, 1.54) is 11.1 Å². The average molecular weight is 635 g/mol. The summed E-state index contributed by atoms with van der Waals surface area (Å²) in [6.45, 7) is 13.7. The summed E-state index contributed by atoms with van der Waals surface area (Å²) in [6.07, 6.45) is 0.436. The number of nitrogens with one attached hydrogen (secondary N) is 1. The zero-order chi connectivity index (χ0) is 32.7. The molecule has 3 aromatic rings. The van der Waals surface area contributed by atoms with Gasteiger partial charge in [0, 0.05) is 56.4 Å². The Morgan fingerprint density at radius 3 is 2.33 bits per heavy atom. The van der Waals surface area contributed by atoms with Gasteiger partial charge in [-0.05, 0) is 63.8 Å². The molecule has 2 aromatic carbocycles. The maximum atomic E-state index is 13.7. The monoisotopic (exact) mass is 634 g/mol. The Hall–Kier alpha value is -3.96. The first-order valence-electron chi connectivity index (χ1n) is 15.5. The molecule has 10 nitrogen and oxygen atoms in total. The Morgan fingerprint density at radius 2 is 1.73 bits per heavy atom. The minimum Gasteiger partial charge on any atom is -0.444 e. The smallest absolute Gasteiger partial charge is 0.410 e. The normalized spacial score (nSPS) is 12.9. The van der Waals surface area contributed by atoms with E-state index in [4.69, 9.17) is 9.72 Å². The van der Waals surface area contributed by atoms with E-state index in [0.717, 1.165) is 33.9 Å². The Labute approximate surface area is 270 Å². The van der Waals surface area contributed by atoms with E-state index in [0.29, 0.717) is 26.2 Å². The van der Waals surface area contributed by atoms with Gasteiger partial charge >= 0.3 is 6.09 Å². The molecule has 0 bridgehead atoms. The first kappa shape index (κ1) is 33.9. The van der Waals surface area contributed by atoms with Crippen LogP contribution >= 0.6 is 11.3 Å². The summed E-state index contributed by atoms with van der Waals surface area (Å²) in [5, 5.41) is 9.58. The number of fused-ring (bicyclic) bond motifs is 1. The SMILES string of the molecule is CCc1csc(-c2ccc(C)c(N(CC(=O)NCCN(CC)C(=O)OC(C)(C)C)CC(=O)N(C)N3Cc4ccccc4C3)c2)n1. The fraction of sp³-hybridized carbons (Fsp3) is 0.471. The molecule has 0 atom stereocenters. The number of aryl methyl sites for hydroxylation is 2. The molecule has 0 aliphatic carbocycles. The maximum absolute atomic E-state index is 13.7. The van der Waals surface area contributed by atoms with Gasteiger partial charge in [-0.2, -0.15) is 0 Å². The highest BCUT2D eigenvalue weighted by Crippen LogP contribution is 2.31. The van der Waals surface area contributed by atoms with Crippen molar-refractivity contribution in [3.63, 3.8) is 0 Å². The van der Waals surface area contributed by atoms with Crippen LogP contribution < -0.4 is 10.2 Å². The number of carbonyl (C=O) groups is 3. The molecule has 4 rings (SSSR count). The Bertz CT molecular complexity index is 1470. The molecule has 0 spiro atoms. The number of aromatic nitrogens is 1. The van der Waals surface area contributed by atoms with Gasteiger partial charge in [0.2, 0.25) is 5.91 Å². The number of hydrazine groups is 1. The van der Waals surface area contributed by atoms with Gasteiger partial charge in [-0.15, -0.1) is 11.3 Å². The van der Waals surface area contributed by atoms with Crippen LogP contribution in [0.2, 0.25) is 0 Å². The third kappa shape index (κ3) is 9.04. The molecule has 1 aliphatic rings. The van der Waals surface area contributed by atoms with Crippen LogP contribution in [0.15, 0.2) is 47.8 Å². The lowest BCUT2D eigenvalue weighted by Crippen LogP contribution is -2.48. The van der Waals surface area contributed by atoms with Crippen LogP contribution in [0, 0.1) is 6.92 Å². The molecule has 11 heteroatoms. The predicted octanol–water partition coefficient (Wildman–Crippen LogP) is 5.25. The van der Waals surface area contributed by atoms with Crippen LogP contribution in [0.5, 0.6) is 0 Å². The minimum atomic E-state index is -0.602. The van der Waals surface area contributed by atoms with Crippen molar-refractivity contribution in [3.05, 3.63) is 70.2 Å². The Kier molecular flexibility index (Phi) is 11.2. The highest BCUT2D eigenvalue weighted by Gasteiger charge is 2.27. The first-order chi connectivity index (χ1) is 21.4. The number of benzene rings is 2. The molecule has 0 radical (unpaired) electrons. The van der Waals surface area contributed by atoms with Crippen molar-refractivity contribution in [3.8, 4) is 10.6 Å². The van der Waals surface area contributed by atoms with Crippen molar-refractivity contribution in [2.45, 2.75) is 66.7 Å². The summed E-state index contributed by atoms with van der Waals surface area (Å²) in [5.74, 6) is -0.364. The van der Waals surface area contributed by atoms with E-state index in [9.17, 15) is 14.4 Å². The molecule has 1 N–H and O–H groups in total. The van der Waals surface area contributed by atoms with Crippen molar-refractivity contribution in [1.29, 1.82) is 0 Å². The molecule has 242 valence electrons. The largest absolute Gasteiger partial charge is 0.444 e. The molecule has 1 aromatic heterocycles. The number of ether oxygens (including phenoxy) is 1. The molecule has 0 saturated carbocycles. The van der Waals surface area contributed by atoms with Crippen molar-refractivity contribution >= 4 is 34.9 Å². The molecule has 0 unspecified atom stereocenters. The van der Waals surface area contributed by atoms with Crippen molar-refractivity contribution in [2.75, 3.05) is 44.7 Å². The van der Waals surface area contributed by atoms with E-state index >= 15 is 0 Å². The van der Waals surface area contributed by atoms with Gasteiger partial charge in [0.1, 0.15) is 10.6 Å². The standard InChI is InChI=1S/C34H46N6O4S/c1-8-28-23-45-32(36-28)25-15-14-24(3)29(18-25)39(21-30(41)35-16-17-38(9-2)33(43)44-34(4,5)6)22-31(42)37(7)40-19-26-12-10-11-13-27(26)20-40/h10-15,18,23H,8-9,16-17,19-22H2,1-7H3,(H,35,41). The number of carbonyl (C=O) groups excluding carboxylic acids is 3. The number of amides is 3. The van der Waals surface area contributed by atoms with Gasteiger partial charge in [-0.1, -0.05) is 43.3 Å². The molecular weight excluding hydrogens is 588 g/mol. The third-order valence-corrected chi connectivity index (χ3v) is 8.66. The molecule has 2 heterocycles. The summed E-state index contributed by atoms with van der Waals surface area (Å²) >= 11 is 1.59. The number of anilines is 1. The minimum absolute atomic E-state index is 0.0120. The van der Waals surface area contributed by atoms with Crippen LogP contribution in [0.3, 0.4) is 0 Å². The van der Waals surface area contributed by atoms with E-state index < -0.39 is 11.7 Å². The summed E-state index contributed by atoms with van der Waals surface area (Å²) in [4.78, 5) is 47.7. The summed E-state index contributed by atoms with van der Waals surface area (Å²) in [7, 11) is 1.79. The molecule has 0 fully saturated rings. The number of rotatable bonds is 12. The quantitative estimate of drug-likeness (QED) is 0.291. The number of hydrogen-bond acceptors (Lipinski definition) is 8. The van der Waals surface area contributed by atoms with Crippen molar-refractivity contribution in [1.82, 2.24) is 25.2 Å². The van der Waals surface area contributed by atoms with Gasteiger partial charge in [0.05, 0.1) is 18.8 Å². The van der Waals surface area contributed by atoms with Gasteiger partial charge in [0.25, 0.3) is 5.91 Å². The zero-order valence-corrected chi connectivity index (χ0v) is 28.4. The van der Waals surface area contributed by atoms with Crippen LogP contribution in [0.4, 0.5) is 10.5 Å². The van der Waals surface area contributed by atoms with Crippen LogP contribution in [-0.4, -0.2) is 83.2 Å². The second-order valence-corrected chi connectivity index (χ2v) is 13.1. The van der Waals surface area contributed by atoms with Crippen molar-refractivity contribution < 1.29 is 19.1 Å². The molecule has 1 aliphatic heterocycles. The fourth-order valence-corrected chi connectivity index (χ4v) is 6.03. The van der Waals surface area contributed by atoms with Gasteiger partial charge in [-0.25, -0.2) is 14.8 Å². The van der Waals surface area contributed by atoms with Crippen LogP contribution in [-0.2, 0) is 33.8 Å². The van der Waals surface area contributed by atoms with Crippen molar-refractivity contribution in [2.24, 2.45) is 0 Å². The summed E-state index contributed by atoms with van der Waals surface area (Å²) in [5.41, 5.74) is 5.53. The zero-order valence-electron chi connectivity index (χ0n) is 27.6. The number of hydrogen-bond donors (Lipinski definition) is 1. The Morgan fingerprint density at radius 1 is 1.04 bits per heavy atom. The molecular formula is C34H46N6O4S. The highest BCUT2D eigenvalue weighted by molar-refractivity contribution is 7.13. The molecule has 3 amide bonds. The van der Waals surface area contributed by atoms with E-state index in [1.807, 2.05) is 74.9 Å². The second-order valence-electron chi connectivity index (χ2n) is 12.3. The molecule has 45 heavy (non-hydrogen) atoms. The van der Waals surface area contributed by atoms with E-state index in [2.05, 4.69) is 29.8 Å². The number of nitrogens with zero attached hydrogens (tertiary/aromatic N) is 5. The molecule has 0 saturated heterocycles. The van der Waals surface area contributed by atoms with Crippen LogP contribution in [0.25, 0.3) is 10.6 Å². The number of thiazole rings is 1. The lowest BCUT2D eigenvalue weighted by molar-refractivity contribution is -0.145. The predicted molar refractivity (Wildman–Crippen MR) is 179 cm³/mol. The van der Waals surface area contributed by atoms with Gasteiger partial charge in [0.15, 0.2) is 0 Å². The average Bonchev–Trinajstić information content (AvgIpc) is 3.65. The summed E-state index contributed by atoms with van der Waals surface area (Å²) in [6, 6.07) is 14.3. The number of likely N-dealkylation sites (N-methyl/N-ethyl adjacent to an activating group) is 2. The second kappa shape index (κ2) is 14.9. The highest BCUT2D eigenvalue weighted by atomic mass is 32.1. The fourth-order valence-electron chi connectivity index (χ4n) is 5.13. The maximum Gasteiger partial charge on any atom is 0.410 e. The lowest BCUT2D eigenvalue weighted by Gasteiger charge is -2.32. The topological polar surface area (TPSA) is 98.3 Å². The Balaban J connectivity index is 1.50. The van der Waals surface area contributed by atoms with Gasteiger partial charge < -0.3 is 19.9 Å². The first-order valence-corrected chi connectivity index (χ1v) is 16.4. The third-order valence-electron chi connectivity index (χ3n) is 7.72. The van der Waals surface area contributed by atoms with Gasteiger partial charge in [-0.3, -0.25) is 14.6 Å².